The molecule has 0 fully saturated rings. The lowest BCUT2D eigenvalue weighted by Gasteiger charge is -2.03. The molecule has 0 saturated carbocycles. The maximum atomic E-state index is 13.4. The summed E-state index contributed by atoms with van der Waals surface area (Å²) in [6.45, 7) is 1.75. The lowest BCUT2D eigenvalue weighted by atomic mass is 10.2. The van der Waals surface area contributed by atoms with Gasteiger partial charge in [-0.3, -0.25) is 9.78 Å². The summed E-state index contributed by atoms with van der Waals surface area (Å²) in [5, 5.41) is 3.93. The fourth-order valence-corrected chi connectivity index (χ4v) is 1.50. The zero-order valence-corrected chi connectivity index (χ0v) is 10.3. The van der Waals surface area contributed by atoms with Gasteiger partial charge >= 0.3 is 0 Å². The van der Waals surface area contributed by atoms with Crippen molar-refractivity contribution in [1.29, 1.82) is 0 Å². The highest BCUT2D eigenvalue weighted by molar-refractivity contribution is 6.00. The van der Waals surface area contributed by atoms with Crippen molar-refractivity contribution >= 4 is 11.6 Å². The standard InChI is InChI=1S/C14H12FN3O/c1-10(11-6-8-16-9-7-11)17-18-14(19)12-4-2-3-5-13(12)15/h2-9H,1H3,(H,18,19). The fourth-order valence-electron chi connectivity index (χ4n) is 1.50. The number of amides is 1. The SMILES string of the molecule is CC(=NNC(=O)c1ccccc1F)c1ccncc1. The minimum Gasteiger partial charge on any atom is -0.267 e. The van der Waals surface area contributed by atoms with E-state index in [1.54, 1.807) is 37.5 Å². The Balaban J connectivity index is 2.11. The minimum atomic E-state index is -0.577. The number of nitrogens with one attached hydrogen (secondary N) is 1. The molecule has 1 heterocycles. The molecule has 0 aliphatic carbocycles. The second-order valence-corrected chi connectivity index (χ2v) is 3.85. The molecule has 2 rings (SSSR count). The van der Waals surface area contributed by atoms with Gasteiger partial charge in [-0.15, -0.1) is 0 Å². The number of carbonyl (C=O) groups excluding carboxylic acids is 1. The molecule has 0 bridgehead atoms. The molecule has 0 atom stereocenters. The summed E-state index contributed by atoms with van der Waals surface area (Å²) < 4.78 is 13.4. The second-order valence-electron chi connectivity index (χ2n) is 3.85. The minimum absolute atomic E-state index is 0.0335. The number of aromatic nitrogens is 1. The summed E-state index contributed by atoms with van der Waals surface area (Å²) in [7, 11) is 0. The Bertz CT molecular complexity index is 611. The van der Waals surface area contributed by atoms with Gasteiger partial charge in [-0.25, -0.2) is 9.82 Å². The Kier molecular flexibility index (Phi) is 3.97. The normalized spacial score (nSPS) is 11.2. The van der Waals surface area contributed by atoms with Gasteiger partial charge in [-0.2, -0.15) is 5.10 Å². The summed E-state index contributed by atoms with van der Waals surface area (Å²) in [6.07, 6.45) is 3.26. The lowest BCUT2D eigenvalue weighted by Crippen LogP contribution is -2.20. The second kappa shape index (κ2) is 5.86. The quantitative estimate of drug-likeness (QED) is 0.678. The Hall–Kier alpha value is -2.56. The first-order valence-electron chi connectivity index (χ1n) is 5.68. The summed E-state index contributed by atoms with van der Waals surface area (Å²) in [5.74, 6) is -1.15. The molecule has 0 aliphatic rings. The van der Waals surface area contributed by atoms with E-state index in [1.165, 1.54) is 18.2 Å². The van der Waals surface area contributed by atoms with Crippen molar-refractivity contribution in [3.63, 3.8) is 0 Å². The molecular weight excluding hydrogens is 245 g/mol. The van der Waals surface area contributed by atoms with Gasteiger partial charge in [0.25, 0.3) is 5.91 Å². The van der Waals surface area contributed by atoms with E-state index in [1.807, 2.05) is 0 Å². The fraction of sp³-hybridized carbons (Fsp3) is 0.0714. The number of rotatable bonds is 3. The third-order valence-corrected chi connectivity index (χ3v) is 2.54. The van der Waals surface area contributed by atoms with Gasteiger partial charge in [0, 0.05) is 18.0 Å². The molecule has 0 unspecified atom stereocenters. The van der Waals surface area contributed by atoms with Gasteiger partial charge in [0.1, 0.15) is 5.82 Å². The van der Waals surface area contributed by atoms with Crippen molar-refractivity contribution < 1.29 is 9.18 Å². The van der Waals surface area contributed by atoms with Crippen LogP contribution in [0.1, 0.15) is 22.8 Å². The van der Waals surface area contributed by atoms with Crippen LogP contribution in [0, 0.1) is 5.82 Å². The van der Waals surface area contributed by atoms with Crippen LogP contribution in [0.15, 0.2) is 53.9 Å². The zero-order chi connectivity index (χ0) is 13.7. The van der Waals surface area contributed by atoms with Crippen molar-refractivity contribution in [3.05, 3.63) is 65.7 Å². The lowest BCUT2D eigenvalue weighted by molar-refractivity contribution is 0.0951. The van der Waals surface area contributed by atoms with E-state index in [4.69, 9.17) is 0 Å². The van der Waals surface area contributed by atoms with Crippen LogP contribution in [0.5, 0.6) is 0 Å². The van der Waals surface area contributed by atoms with E-state index in [0.717, 1.165) is 5.56 Å². The van der Waals surface area contributed by atoms with E-state index in [2.05, 4.69) is 15.5 Å². The van der Waals surface area contributed by atoms with Crippen molar-refractivity contribution in [2.45, 2.75) is 6.92 Å². The van der Waals surface area contributed by atoms with Crippen LogP contribution in [0.3, 0.4) is 0 Å². The van der Waals surface area contributed by atoms with Crippen LogP contribution >= 0.6 is 0 Å². The predicted molar refractivity (Wildman–Crippen MR) is 70.3 cm³/mol. The average molecular weight is 257 g/mol. The Morgan fingerprint density at radius 3 is 2.58 bits per heavy atom. The third-order valence-electron chi connectivity index (χ3n) is 2.54. The average Bonchev–Trinajstić information content (AvgIpc) is 2.46. The smallest absolute Gasteiger partial charge is 0.267 e. The molecule has 4 nitrogen and oxygen atoms in total. The first-order valence-corrected chi connectivity index (χ1v) is 5.68. The number of pyridine rings is 1. The number of hydrazone groups is 1. The molecule has 0 spiro atoms. The Morgan fingerprint density at radius 1 is 1.21 bits per heavy atom. The van der Waals surface area contributed by atoms with Gasteiger partial charge in [0.05, 0.1) is 11.3 Å². The molecule has 19 heavy (non-hydrogen) atoms. The largest absolute Gasteiger partial charge is 0.274 e. The van der Waals surface area contributed by atoms with Gasteiger partial charge in [-0.1, -0.05) is 12.1 Å². The summed E-state index contributed by atoms with van der Waals surface area (Å²) in [4.78, 5) is 15.6. The first-order chi connectivity index (χ1) is 9.18. The molecule has 1 N–H and O–H groups in total. The predicted octanol–water partition coefficient (Wildman–Crippen LogP) is 2.37. The molecule has 96 valence electrons. The third kappa shape index (κ3) is 3.22. The van der Waals surface area contributed by atoms with E-state index in [-0.39, 0.29) is 5.56 Å². The molecule has 1 amide bonds. The van der Waals surface area contributed by atoms with Gasteiger partial charge in [0.15, 0.2) is 0 Å². The van der Waals surface area contributed by atoms with Crippen LogP contribution < -0.4 is 5.43 Å². The van der Waals surface area contributed by atoms with E-state index in [0.29, 0.717) is 5.71 Å². The summed E-state index contributed by atoms with van der Waals surface area (Å²) in [6, 6.07) is 9.30. The van der Waals surface area contributed by atoms with Gasteiger partial charge in [-0.05, 0) is 31.2 Å². The van der Waals surface area contributed by atoms with Gasteiger partial charge in [0.2, 0.25) is 0 Å². The zero-order valence-electron chi connectivity index (χ0n) is 10.3. The maximum absolute atomic E-state index is 13.4. The number of benzene rings is 1. The maximum Gasteiger partial charge on any atom is 0.274 e. The van der Waals surface area contributed by atoms with Crippen molar-refractivity contribution in [3.8, 4) is 0 Å². The summed E-state index contributed by atoms with van der Waals surface area (Å²) in [5.41, 5.74) is 3.75. The monoisotopic (exact) mass is 257 g/mol. The van der Waals surface area contributed by atoms with Crippen molar-refractivity contribution in [2.75, 3.05) is 0 Å². The van der Waals surface area contributed by atoms with Crippen molar-refractivity contribution in [1.82, 2.24) is 10.4 Å². The molecule has 1 aromatic heterocycles. The molecule has 0 radical (unpaired) electrons. The number of halogens is 1. The number of carbonyl (C=O) groups is 1. The Morgan fingerprint density at radius 2 is 1.89 bits per heavy atom. The number of nitrogens with zero attached hydrogens (tertiary/aromatic N) is 2. The van der Waals surface area contributed by atoms with Crippen molar-refractivity contribution in [2.24, 2.45) is 5.10 Å². The van der Waals surface area contributed by atoms with Crippen LogP contribution in [0.2, 0.25) is 0 Å². The highest BCUT2D eigenvalue weighted by Gasteiger charge is 2.09. The van der Waals surface area contributed by atoms with E-state index in [9.17, 15) is 9.18 Å². The number of hydrogen-bond donors (Lipinski definition) is 1. The van der Waals surface area contributed by atoms with Gasteiger partial charge < -0.3 is 0 Å². The highest BCUT2D eigenvalue weighted by Crippen LogP contribution is 2.06. The molecule has 5 heteroatoms. The topological polar surface area (TPSA) is 54.4 Å². The molecule has 2 aromatic rings. The molecular formula is C14H12FN3O. The van der Waals surface area contributed by atoms with Crippen LogP contribution in [0.4, 0.5) is 4.39 Å². The molecule has 1 aromatic carbocycles. The molecule has 0 saturated heterocycles. The van der Waals surface area contributed by atoms with Crippen LogP contribution in [-0.4, -0.2) is 16.6 Å². The number of hydrogen-bond acceptors (Lipinski definition) is 3. The summed E-state index contributed by atoms with van der Waals surface area (Å²) >= 11 is 0. The van der Waals surface area contributed by atoms with E-state index >= 15 is 0 Å². The highest BCUT2D eigenvalue weighted by atomic mass is 19.1. The first kappa shape index (κ1) is 12.9. The Labute approximate surface area is 110 Å². The van der Waals surface area contributed by atoms with E-state index < -0.39 is 11.7 Å². The molecule has 0 aliphatic heterocycles. The van der Waals surface area contributed by atoms with Crippen LogP contribution in [0.25, 0.3) is 0 Å². The van der Waals surface area contributed by atoms with Crippen LogP contribution in [-0.2, 0) is 0 Å².